The number of halogens is 2. The Morgan fingerprint density at radius 2 is 1.97 bits per heavy atom. The number of rotatable bonds is 8. The molecule has 0 bridgehead atoms. The number of hydrogen-bond donors (Lipinski definition) is 0. The van der Waals surface area contributed by atoms with Crippen molar-refractivity contribution >= 4 is 61.9 Å². The molecule has 7 nitrogen and oxygen atoms in total. The van der Waals surface area contributed by atoms with Crippen molar-refractivity contribution < 1.29 is 19.0 Å². The molecular formula is C28H24BrIN2O5S. The molecule has 0 N–H and O–H groups in total. The van der Waals surface area contributed by atoms with E-state index in [2.05, 4.69) is 49.4 Å². The third-order valence-electron chi connectivity index (χ3n) is 5.65. The fourth-order valence-electron chi connectivity index (χ4n) is 4.11. The molecule has 0 unspecified atom stereocenters. The van der Waals surface area contributed by atoms with E-state index in [1.54, 1.807) is 24.5 Å². The number of benzene rings is 2. The lowest BCUT2D eigenvalue weighted by atomic mass is 9.96. The van der Waals surface area contributed by atoms with E-state index in [1.807, 2.05) is 43.3 Å². The van der Waals surface area contributed by atoms with Crippen LogP contribution < -0.4 is 24.4 Å². The molecule has 196 valence electrons. The predicted octanol–water partition coefficient (Wildman–Crippen LogP) is 4.58. The van der Waals surface area contributed by atoms with Gasteiger partial charge in [-0.3, -0.25) is 9.36 Å². The van der Waals surface area contributed by atoms with Crippen LogP contribution in [0, 0.1) is 15.9 Å². The molecular weight excluding hydrogens is 683 g/mol. The van der Waals surface area contributed by atoms with Crippen LogP contribution in [0.2, 0.25) is 0 Å². The molecule has 0 saturated carbocycles. The molecule has 1 atom stereocenters. The van der Waals surface area contributed by atoms with Crippen LogP contribution in [0.15, 0.2) is 61.9 Å². The number of esters is 1. The number of terminal acetylenes is 1. The second-order valence-corrected chi connectivity index (χ2v) is 11.2. The van der Waals surface area contributed by atoms with Crippen molar-refractivity contribution in [2.24, 2.45) is 4.99 Å². The number of allylic oxidation sites excluding steroid dienone is 1. The van der Waals surface area contributed by atoms with Gasteiger partial charge in [0.2, 0.25) is 0 Å². The van der Waals surface area contributed by atoms with Gasteiger partial charge in [0.25, 0.3) is 5.56 Å². The number of carbonyl (C=O) groups excluding carboxylic acids is 1. The Hall–Kier alpha value is -2.88. The number of nitrogens with zero attached hydrogens (tertiary/aromatic N) is 2. The van der Waals surface area contributed by atoms with Crippen LogP contribution in [0.4, 0.5) is 0 Å². The molecule has 0 fully saturated rings. The van der Waals surface area contributed by atoms with Crippen molar-refractivity contribution in [3.8, 4) is 23.8 Å². The zero-order valence-corrected chi connectivity index (χ0v) is 25.5. The quantitative estimate of drug-likeness (QED) is 0.195. The van der Waals surface area contributed by atoms with Gasteiger partial charge in [0.1, 0.15) is 18.1 Å². The van der Waals surface area contributed by atoms with Gasteiger partial charge in [0.05, 0.1) is 38.6 Å². The molecule has 0 radical (unpaired) electrons. The summed E-state index contributed by atoms with van der Waals surface area (Å²) in [5, 5.41) is 0. The third kappa shape index (κ3) is 5.75. The highest BCUT2D eigenvalue weighted by molar-refractivity contribution is 14.1. The van der Waals surface area contributed by atoms with Gasteiger partial charge in [-0.05, 0) is 79.3 Å². The maximum absolute atomic E-state index is 13.9. The zero-order valence-electron chi connectivity index (χ0n) is 20.9. The largest absolute Gasteiger partial charge is 0.494 e. The molecule has 1 aliphatic rings. The van der Waals surface area contributed by atoms with Crippen molar-refractivity contribution in [2.45, 2.75) is 26.8 Å². The minimum atomic E-state index is -0.706. The summed E-state index contributed by atoms with van der Waals surface area (Å²) in [4.78, 5) is 32.1. The molecule has 10 heteroatoms. The van der Waals surface area contributed by atoms with E-state index in [1.165, 1.54) is 11.3 Å². The smallest absolute Gasteiger partial charge is 0.338 e. The van der Waals surface area contributed by atoms with Gasteiger partial charge in [-0.15, -0.1) is 6.42 Å². The lowest BCUT2D eigenvalue weighted by molar-refractivity contribution is -0.139. The van der Waals surface area contributed by atoms with E-state index in [-0.39, 0.29) is 18.8 Å². The monoisotopic (exact) mass is 706 g/mol. The van der Waals surface area contributed by atoms with Crippen LogP contribution in [0.1, 0.15) is 37.9 Å². The maximum atomic E-state index is 13.9. The van der Waals surface area contributed by atoms with Gasteiger partial charge in [-0.25, -0.2) is 9.79 Å². The summed E-state index contributed by atoms with van der Waals surface area (Å²) in [5.41, 5.74) is 1.99. The van der Waals surface area contributed by atoms with Gasteiger partial charge in [-0.1, -0.05) is 45.3 Å². The SMILES string of the molecule is C#CCOc1c(I)cc(Br)cc1/C=c1\sc2n(c1=O)[C@@H](c1ccc(OCC)cc1)C(C(=O)OCC)=C(C)N=2. The predicted molar refractivity (Wildman–Crippen MR) is 159 cm³/mol. The molecule has 0 saturated heterocycles. The lowest BCUT2D eigenvalue weighted by Gasteiger charge is -2.24. The van der Waals surface area contributed by atoms with Crippen molar-refractivity contribution in [2.75, 3.05) is 19.8 Å². The first-order valence-electron chi connectivity index (χ1n) is 11.8. The van der Waals surface area contributed by atoms with Gasteiger partial charge in [0, 0.05) is 10.0 Å². The molecule has 0 amide bonds. The first-order chi connectivity index (χ1) is 18.3. The van der Waals surface area contributed by atoms with Gasteiger partial charge < -0.3 is 14.2 Å². The highest BCUT2D eigenvalue weighted by Crippen LogP contribution is 2.33. The Balaban J connectivity index is 1.94. The van der Waals surface area contributed by atoms with E-state index in [0.29, 0.717) is 44.3 Å². The van der Waals surface area contributed by atoms with E-state index < -0.39 is 12.0 Å². The van der Waals surface area contributed by atoms with Crippen LogP contribution in [0.25, 0.3) is 6.08 Å². The minimum absolute atomic E-state index is 0.0968. The van der Waals surface area contributed by atoms with Crippen molar-refractivity contribution in [3.63, 3.8) is 0 Å². The Morgan fingerprint density at radius 1 is 1.24 bits per heavy atom. The van der Waals surface area contributed by atoms with E-state index >= 15 is 0 Å². The van der Waals surface area contributed by atoms with E-state index in [0.717, 1.165) is 13.6 Å². The molecule has 1 aromatic heterocycles. The number of aromatic nitrogens is 1. The van der Waals surface area contributed by atoms with Crippen LogP contribution in [0.5, 0.6) is 11.5 Å². The van der Waals surface area contributed by atoms with Crippen LogP contribution in [-0.4, -0.2) is 30.4 Å². The summed E-state index contributed by atoms with van der Waals surface area (Å²) in [6, 6.07) is 10.4. The topological polar surface area (TPSA) is 79.1 Å². The fourth-order valence-corrected chi connectivity index (χ4v) is 6.86. The normalized spacial score (nSPS) is 14.9. The molecule has 2 aromatic carbocycles. The average Bonchev–Trinajstić information content (AvgIpc) is 3.17. The van der Waals surface area contributed by atoms with Crippen molar-refractivity contribution in [3.05, 3.63) is 86.5 Å². The Bertz CT molecular complexity index is 1630. The summed E-state index contributed by atoms with van der Waals surface area (Å²) in [6.45, 7) is 6.24. The number of carbonyl (C=O) groups is 1. The zero-order chi connectivity index (χ0) is 27.4. The Morgan fingerprint density at radius 3 is 2.63 bits per heavy atom. The molecule has 3 aromatic rings. The third-order valence-corrected chi connectivity index (χ3v) is 7.89. The standard InChI is InChI=1S/C28H24BrIN2O5S/c1-5-12-37-25-18(13-19(29)15-21(25)30)14-22-26(33)32-24(17-8-10-20(11-9-17)35-6-2)23(27(34)36-7-3)16(4)31-28(32)38-22/h1,8-11,13-15,24H,6-7,12H2,2-4H3/b22-14-/t24-/m0/s1. The maximum Gasteiger partial charge on any atom is 0.338 e. The molecule has 4 rings (SSSR count). The fraction of sp³-hybridized carbons (Fsp3) is 0.250. The highest BCUT2D eigenvalue weighted by Gasteiger charge is 2.33. The molecule has 0 spiro atoms. The van der Waals surface area contributed by atoms with Crippen LogP contribution in [0.3, 0.4) is 0 Å². The first-order valence-corrected chi connectivity index (χ1v) is 14.5. The second-order valence-electron chi connectivity index (χ2n) is 8.10. The molecule has 0 aliphatic carbocycles. The number of thiazole rings is 1. The lowest BCUT2D eigenvalue weighted by Crippen LogP contribution is -2.39. The van der Waals surface area contributed by atoms with Gasteiger partial charge in [0.15, 0.2) is 4.80 Å². The number of fused-ring (bicyclic) bond motifs is 1. The highest BCUT2D eigenvalue weighted by atomic mass is 127. The van der Waals surface area contributed by atoms with Crippen LogP contribution >= 0.6 is 49.9 Å². The Labute approximate surface area is 246 Å². The summed E-state index contributed by atoms with van der Waals surface area (Å²) in [5.74, 6) is 3.26. The summed E-state index contributed by atoms with van der Waals surface area (Å²) in [7, 11) is 0. The van der Waals surface area contributed by atoms with Crippen molar-refractivity contribution in [1.82, 2.24) is 4.57 Å². The summed E-state index contributed by atoms with van der Waals surface area (Å²) in [6.07, 6.45) is 7.17. The number of ether oxygens (including phenoxy) is 3. The molecule has 1 aliphatic heterocycles. The second kappa shape index (κ2) is 12.3. The van der Waals surface area contributed by atoms with Crippen LogP contribution in [-0.2, 0) is 9.53 Å². The average molecular weight is 707 g/mol. The van der Waals surface area contributed by atoms with Gasteiger partial charge in [-0.2, -0.15) is 0 Å². The summed E-state index contributed by atoms with van der Waals surface area (Å²) < 4.78 is 20.4. The molecule has 38 heavy (non-hydrogen) atoms. The van der Waals surface area contributed by atoms with Gasteiger partial charge >= 0.3 is 5.97 Å². The van der Waals surface area contributed by atoms with E-state index in [9.17, 15) is 9.59 Å². The Kier molecular flexibility index (Phi) is 9.12. The summed E-state index contributed by atoms with van der Waals surface area (Å²) >= 11 is 6.93. The van der Waals surface area contributed by atoms with E-state index in [4.69, 9.17) is 20.6 Å². The number of hydrogen-bond acceptors (Lipinski definition) is 7. The van der Waals surface area contributed by atoms with Crippen molar-refractivity contribution in [1.29, 1.82) is 0 Å². The first kappa shape index (κ1) is 28.1. The minimum Gasteiger partial charge on any atom is -0.494 e. The molecule has 2 heterocycles.